The van der Waals surface area contributed by atoms with Gasteiger partial charge >= 0.3 is 0 Å². The second-order valence-electron chi connectivity index (χ2n) is 4.12. The summed E-state index contributed by atoms with van der Waals surface area (Å²) in [5, 5.41) is 10.7. The molecule has 1 saturated heterocycles. The first-order valence-electron chi connectivity index (χ1n) is 5.29. The zero-order valence-corrected chi connectivity index (χ0v) is 10.6. The first-order chi connectivity index (χ1) is 8.06. The van der Waals surface area contributed by atoms with Crippen molar-refractivity contribution in [1.29, 1.82) is 0 Å². The number of hydrogen-bond donors (Lipinski definition) is 0. The van der Waals surface area contributed by atoms with Crippen molar-refractivity contribution < 1.29 is 14.7 Å². The summed E-state index contributed by atoms with van der Waals surface area (Å²) >= 11 is 3.35. The Bertz CT molecular complexity index is 461. The van der Waals surface area contributed by atoms with Crippen molar-refractivity contribution in [3.05, 3.63) is 34.3 Å². The number of carboxylic acid groups (broad SMARTS) is 1. The SMILES string of the molecule is O=C([O-])[C@H]1CC(=O)N(Cc2cccc(Br)c2)C1. The molecule has 4 nitrogen and oxygen atoms in total. The van der Waals surface area contributed by atoms with Crippen molar-refractivity contribution in [2.75, 3.05) is 6.54 Å². The number of carbonyl (C=O) groups is 2. The van der Waals surface area contributed by atoms with Gasteiger partial charge in [-0.1, -0.05) is 28.1 Å². The van der Waals surface area contributed by atoms with Crippen LogP contribution in [0.1, 0.15) is 12.0 Å². The van der Waals surface area contributed by atoms with E-state index in [9.17, 15) is 14.7 Å². The number of nitrogens with zero attached hydrogens (tertiary/aromatic N) is 1. The zero-order valence-electron chi connectivity index (χ0n) is 9.06. The van der Waals surface area contributed by atoms with E-state index in [0.717, 1.165) is 10.0 Å². The van der Waals surface area contributed by atoms with Crippen LogP contribution in [0.15, 0.2) is 28.7 Å². The second kappa shape index (κ2) is 4.87. The molecular formula is C12H11BrNO3-. The largest absolute Gasteiger partial charge is 0.550 e. The number of amides is 1. The molecule has 0 unspecified atom stereocenters. The van der Waals surface area contributed by atoms with E-state index < -0.39 is 11.9 Å². The van der Waals surface area contributed by atoms with Gasteiger partial charge in [0.1, 0.15) is 0 Å². The lowest BCUT2D eigenvalue weighted by Crippen LogP contribution is -2.33. The molecule has 1 aromatic rings. The summed E-state index contributed by atoms with van der Waals surface area (Å²) < 4.78 is 0.943. The van der Waals surface area contributed by atoms with Gasteiger partial charge in [-0.3, -0.25) is 4.79 Å². The fourth-order valence-electron chi connectivity index (χ4n) is 1.94. The summed E-state index contributed by atoms with van der Waals surface area (Å²) in [6.07, 6.45) is 0.0519. The summed E-state index contributed by atoms with van der Waals surface area (Å²) in [5.41, 5.74) is 0.978. The van der Waals surface area contributed by atoms with Crippen LogP contribution in [-0.2, 0) is 16.1 Å². The van der Waals surface area contributed by atoms with Crippen molar-refractivity contribution in [3.63, 3.8) is 0 Å². The highest BCUT2D eigenvalue weighted by Crippen LogP contribution is 2.21. The van der Waals surface area contributed by atoms with E-state index in [-0.39, 0.29) is 18.9 Å². The van der Waals surface area contributed by atoms with E-state index in [0.29, 0.717) is 6.54 Å². The van der Waals surface area contributed by atoms with Crippen molar-refractivity contribution in [2.45, 2.75) is 13.0 Å². The maximum absolute atomic E-state index is 11.6. The van der Waals surface area contributed by atoms with Gasteiger partial charge in [-0.25, -0.2) is 0 Å². The molecule has 5 heteroatoms. The van der Waals surface area contributed by atoms with Gasteiger partial charge in [0.15, 0.2) is 0 Å². The van der Waals surface area contributed by atoms with E-state index in [2.05, 4.69) is 15.9 Å². The molecule has 2 rings (SSSR count). The van der Waals surface area contributed by atoms with Crippen molar-refractivity contribution >= 4 is 27.8 Å². The van der Waals surface area contributed by atoms with E-state index in [1.165, 1.54) is 0 Å². The maximum Gasteiger partial charge on any atom is 0.223 e. The van der Waals surface area contributed by atoms with Crippen LogP contribution in [0, 0.1) is 5.92 Å². The van der Waals surface area contributed by atoms with Gasteiger partial charge in [-0.15, -0.1) is 0 Å². The first-order valence-corrected chi connectivity index (χ1v) is 6.08. The molecule has 0 aromatic heterocycles. The highest BCUT2D eigenvalue weighted by molar-refractivity contribution is 9.10. The summed E-state index contributed by atoms with van der Waals surface area (Å²) in [4.78, 5) is 23.9. The molecule has 1 atom stereocenters. The van der Waals surface area contributed by atoms with Crippen LogP contribution in [0.25, 0.3) is 0 Å². The Hall–Kier alpha value is -1.36. The third kappa shape index (κ3) is 2.85. The van der Waals surface area contributed by atoms with E-state index >= 15 is 0 Å². The van der Waals surface area contributed by atoms with Crippen LogP contribution in [0.3, 0.4) is 0 Å². The molecule has 0 aliphatic carbocycles. The van der Waals surface area contributed by atoms with Crippen LogP contribution in [0.5, 0.6) is 0 Å². The van der Waals surface area contributed by atoms with Crippen LogP contribution in [0.4, 0.5) is 0 Å². The lowest BCUT2D eigenvalue weighted by molar-refractivity contribution is -0.311. The van der Waals surface area contributed by atoms with Gasteiger partial charge in [0.2, 0.25) is 5.91 Å². The number of carboxylic acids is 1. The Morgan fingerprint density at radius 1 is 1.53 bits per heavy atom. The normalized spacial score (nSPS) is 19.7. The summed E-state index contributed by atoms with van der Waals surface area (Å²) in [6, 6.07) is 7.61. The number of rotatable bonds is 3. The molecule has 1 aromatic carbocycles. The fraction of sp³-hybridized carbons (Fsp3) is 0.333. The van der Waals surface area contributed by atoms with Crippen LogP contribution < -0.4 is 5.11 Å². The molecule has 90 valence electrons. The van der Waals surface area contributed by atoms with Gasteiger partial charge in [0.25, 0.3) is 0 Å². The van der Waals surface area contributed by atoms with Gasteiger partial charge < -0.3 is 14.8 Å². The maximum atomic E-state index is 11.6. The molecule has 0 spiro atoms. The quantitative estimate of drug-likeness (QED) is 0.818. The van der Waals surface area contributed by atoms with Crippen LogP contribution >= 0.6 is 15.9 Å². The topological polar surface area (TPSA) is 60.4 Å². The Morgan fingerprint density at radius 2 is 2.29 bits per heavy atom. The summed E-state index contributed by atoms with van der Waals surface area (Å²) in [6.45, 7) is 0.690. The smallest absolute Gasteiger partial charge is 0.223 e. The van der Waals surface area contributed by atoms with Crippen molar-refractivity contribution in [2.24, 2.45) is 5.92 Å². The molecular weight excluding hydrogens is 286 g/mol. The van der Waals surface area contributed by atoms with Gasteiger partial charge in [0, 0.05) is 35.9 Å². The monoisotopic (exact) mass is 296 g/mol. The number of aliphatic carboxylic acids is 1. The first kappa shape index (κ1) is 12.1. The molecule has 17 heavy (non-hydrogen) atoms. The van der Waals surface area contributed by atoms with E-state index in [4.69, 9.17) is 0 Å². The number of carbonyl (C=O) groups excluding carboxylic acids is 2. The number of halogens is 1. The Kier molecular flexibility index (Phi) is 3.47. The fourth-order valence-corrected chi connectivity index (χ4v) is 2.39. The highest BCUT2D eigenvalue weighted by Gasteiger charge is 2.30. The molecule has 1 aliphatic rings. The molecule has 0 saturated carbocycles. The minimum atomic E-state index is -1.14. The minimum Gasteiger partial charge on any atom is -0.550 e. The van der Waals surface area contributed by atoms with E-state index in [1.807, 2.05) is 24.3 Å². The standard InChI is InChI=1S/C12H12BrNO3/c13-10-3-1-2-8(4-10)6-14-7-9(12(16)17)5-11(14)15/h1-4,9H,5-7H2,(H,16,17)/p-1/t9-/m0/s1. The van der Waals surface area contributed by atoms with E-state index in [1.54, 1.807) is 4.90 Å². The van der Waals surface area contributed by atoms with Crippen LogP contribution in [0.2, 0.25) is 0 Å². The second-order valence-corrected chi connectivity index (χ2v) is 5.04. The predicted octanol–water partition coefficient (Wildman–Crippen LogP) is 0.547. The highest BCUT2D eigenvalue weighted by atomic mass is 79.9. The number of benzene rings is 1. The molecule has 1 fully saturated rings. The minimum absolute atomic E-state index is 0.0519. The zero-order chi connectivity index (χ0) is 12.4. The number of likely N-dealkylation sites (tertiary alicyclic amines) is 1. The lowest BCUT2D eigenvalue weighted by Gasteiger charge is -2.17. The Balaban J connectivity index is 2.05. The third-order valence-electron chi connectivity index (χ3n) is 2.81. The average molecular weight is 297 g/mol. The molecule has 1 heterocycles. The van der Waals surface area contributed by atoms with Crippen molar-refractivity contribution in [1.82, 2.24) is 4.90 Å². The lowest BCUT2D eigenvalue weighted by atomic mass is 10.1. The Labute approximate surface area is 107 Å². The summed E-state index contributed by atoms with van der Waals surface area (Å²) in [7, 11) is 0. The van der Waals surface area contributed by atoms with Gasteiger partial charge in [0.05, 0.1) is 0 Å². The molecule has 1 aliphatic heterocycles. The molecule has 0 N–H and O–H groups in total. The van der Waals surface area contributed by atoms with Gasteiger partial charge in [-0.05, 0) is 17.7 Å². The predicted molar refractivity (Wildman–Crippen MR) is 62.7 cm³/mol. The molecule has 0 bridgehead atoms. The average Bonchev–Trinajstić information content (AvgIpc) is 2.61. The molecule has 0 radical (unpaired) electrons. The van der Waals surface area contributed by atoms with Gasteiger partial charge in [-0.2, -0.15) is 0 Å². The van der Waals surface area contributed by atoms with Crippen LogP contribution in [-0.4, -0.2) is 23.3 Å². The summed E-state index contributed by atoms with van der Waals surface area (Å²) in [5.74, 6) is -1.94. The third-order valence-corrected chi connectivity index (χ3v) is 3.30. The molecule has 1 amide bonds. The number of hydrogen-bond acceptors (Lipinski definition) is 3. The Morgan fingerprint density at radius 3 is 2.88 bits per heavy atom. The van der Waals surface area contributed by atoms with Crippen molar-refractivity contribution in [3.8, 4) is 0 Å².